The van der Waals surface area contributed by atoms with E-state index in [-0.39, 0.29) is 5.91 Å². The van der Waals surface area contributed by atoms with Gasteiger partial charge < -0.3 is 9.47 Å². The van der Waals surface area contributed by atoms with Crippen LogP contribution >= 0.6 is 47.2 Å². The van der Waals surface area contributed by atoms with Gasteiger partial charge in [0.25, 0.3) is 5.91 Å². The summed E-state index contributed by atoms with van der Waals surface area (Å²) in [5, 5.41) is 1.28. The van der Waals surface area contributed by atoms with Crippen molar-refractivity contribution < 1.29 is 14.3 Å². The molecule has 32 heavy (non-hydrogen) atoms. The van der Waals surface area contributed by atoms with E-state index in [4.69, 9.17) is 44.9 Å². The topological polar surface area (TPSA) is 38.8 Å². The largest absolute Gasteiger partial charge is 0.493 e. The van der Waals surface area contributed by atoms with Gasteiger partial charge in [0.05, 0.1) is 17.7 Å². The average molecular weight is 502 g/mol. The van der Waals surface area contributed by atoms with Gasteiger partial charge in [0.1, 0.15) is 6.61 Å². The minimum Gasteiger partial charge on any atom is -0.493 e. The first-order chi connectivity index (χ1) is 15.4. The van der Waals surface area contributed by atoms with Crippen molar-refractivity contribution in [1.82, 2.24) is 0 Å². The summed E-state index contributed by atoms with van der Waals surface area (Å²) >= 11 is 18.6. The first-order valence-corrected chi connectivity index (χ1v) is 11.5. The van der Waals surface area contributed by atoms with Crippen molar-refractivity contribution in [2.45, 2.75) is 6.61 Å². The first kappa shape index (κ1) is 22.7. The maximum Gasteiger partial charge on any atom is 0.270 e. The predicted molar refractivity (Wildman–Crippen MR) is 136 cm³/mol. The van der Waals surface area contributed by atoms with Gasteiger partial charge in [-0.25, -0.2) is 0 Å². The predicted octanol–water partition coefficient (Wildman–Crippen LogP) is 6.99. The Morgan fingerprint density at radius 1 is 0.969 bits per heavy atom. The molecule has 162 valence electrons. The highest BCUT2D eigenvalue weighted by Crippen LogP contribution is 2.37. The Bertz CT molecular complexity index is 1190. The molecule has 1 aliphatic rings. The maximum absolute atomic E-state index is 13.0. The summed E-state index contributed by atoms with van der Waals surface area (Å²) in [6.07, 6.45) is 1.79. The molecule has 1 aliphatic heterocycles. The fourth-order valence-electron chi connectivity index (χ4n) is 3.07. The number of hydrogen-bond donors (Lipinski definition) is 0. The van der Waals surface area contributed by atoms with Gasteiger partial charge in [0.2, 0.25) is 0 Å². The monoisotopic (exact) mass is 501 g/mol. The van der Waals surface area contributed by atoms with Crippen LogP contribution in [0.4, 0.5) is 5.69 Å². The van der Waals surface area contributed by atoms with Crippen LogP contribution in [0.3, 0.4) is 0 Å². The number of carbonyl (C=O) groups excluding carboxylic acids is 1. The van der Waals surface area contributed by atoms with Crippen LogP contribution in [0, 0.1) is 0 Å². The molecule has 0 bridgehead atoms. The lowest BCUT2D eigenvalue weighted by molar-refractivity contribution is -0.113. The van der Waals surface area contributed by atoms with Crippen LogP contribution in [0.25, 0.3) is 6.08 Å². The number of benzene rings is 3. The van der Waals surface area contributed by atoms with Crippen LogP contribution in [0.5, 0.6) is 11.5 Å². The van der Waals surface area contributed by atoms with Crippen molar-refractivity contribution in [3.05, 3.63) is 92.8 Å². The molecule has 0 unspecified atom stereocenters. The van der Waals surface area contributed by atoms with E-state index in [1.54, 1.807) is 37.5 Å². The highest BCUT2D eigenvalue weighted by atomic mass is 35.5. The third-order valence-corrected chi connectivity index (χ3v) is 6.48. The molecule has 0 atom stereocenters. The average Bonchev–Trinajstić information content (AvgIpc) is 3.07. The van der Waals surface area contributed by atoms with Crippen molar-refractivity contribution in [3.8, 4) is 11.5 Å². The van der Waals surface area contributed by atoms with Crippen LogP contribution in [-0.4, -0.2) is 17.3 Å². The van der Waals surface area contributed by atoms with Gasteiger partial charge in [-0.15, -0.1) is 0 Å². The van der Waals surface area contributed by atoms with Crippen LogP contribution in [-0.2, 0) is 11.4 Å². The van der Waals surface area contributed by atoms with Gasteiger partial charge in [-0.05, 0) is 65.7 Å². The fourth-order valence-corrected chi connectivity index (χ4v) is 4.62. The second kappa shape index (κ2) is 9.96. The molecule has 8 heteroatoms. The van der Waals surface area contributed by atoms with Gasteiger partial charge in [-0.1, -0.05) is 65.4 Å². The highest BCUT2D eigenvalue weighted by molar-refractivity contribution is 8.27. The van der Waals surface area contributed by atoms with E-state index in [0.717, 1.165) is 11.1 Å². The Labute approximate surface area is 205 Å². The smallest absolute Gasteiger partial charge is 0.270 e. The molecule has 0 saturated carbocycles. The van der Waals surface area contributed by atoms with E-state index in [2.05, 4.69) is 0 Å². The third-order valence-electron chi connectivity index (χ3n) is 4.67. The summed E-state index contributed by atoms with van der Waals surface area (Å²) in [6, 6.07) is 20.0. The molecule has 0 spiro atoms. The Balaban J connectivity index is 1.52. The normalized spacial score (nSPS) is 14.8. The molecule has 0 N–H and O–H groups in total. The quantitative estimate of drug-likeness (QED) is 0.269. The van der Waals surface area contributed by atoms with Crippen molar-refractivity contribution in [2.75, 3.05) is 12.0 Å². The summed E-state index contributed by atoms with van der Waals surface area (Å²) in [7, 11) is 1.58. The zero-order valence-electron chi connectivity index (χ0n) is 16.9. The van der Waals surface area contributed by atoms with Crippen molar-refractivity contribution in [1.29, 1.82) is 0 Å². The molecule has 1 heterocycles. The van der Waals surface area contributed by atoms with E-state index in [0.29, 0.717) is 43.1 Å². The number of nitrogens with zero attached hydrogens (tertiary/aromatic N) is 1. The third kappa shape index (κ3) is 5.10. The van der Waals surface area contributed by atoms with Crippen molar-refractivity contribution >= 4 is 69.2 Å². The Kier molecular flexibility index (Phi) is 7.06. The molecule has 4 rings (SSSR count). The van der Waals surface area contributed by atoms with E-state index in [9.17, 15) is 4.79 Å². The number of carbonyl (C=O) groups is 1. The minimum atomic E-state index is -0.177. The number of amides is 1. The SMILES string of the molecule is COc1cc(/C=C2\SC(=S)N(c3ccc(Cl)cc3)C2=O)ccc1OCc1ccc(Cl)cc1. The first-order valence-electron chi connectivity index (χ1n) is 9.53. The second-order valence-electron chi connectivity index (χ2n) is 6.82. The maximum atomic E-state index is 13.0. The lowest BCUT2D eigenvalue weighted by atomic mass is 10.1. The highest BCUT2D eigenvalue weighted by Gasteiger charge is 2.33. The second-order valence-corrected chi connectivity index (χ2v) is 9.37. The zero-order valence-corrected chi connectivity index (χ0v) is 20.0. The Hall–Kier alpha value is -2.51. The van der Waals surface area contributed by atoms with Crippen LogP contribution in [0.2, 0.25) is 10.0 Å². The number of hydrogen-bond acceptors (Lipinski definition) is 5. The Morgan fingerprint density at radius 2 is 1.62 bits per heavy atom. The molecule has 0 radical (unpaired) electrons. The van der Waals surface area contributed by atoms with Crippen LogP contribution in [0.15, 0.2) is 71.6 Å². The van der Waals surface area contributed by atoms with E-state index >= 15 is 0 Å². The molecule has 4 nitrogen and oxygen atoms in total. The number of anilines is 1. The summed E-state index contributed by atoms with van der Waals surface area (Å²) < 4.78 is 11.9. The van der Waals surface area contributed by atoms with Crippen LogP contribution in [0.1, 0.15) is 11.1 Å². The van der Waals surface area contributed by atoms with Gasteiger partial charge in [0.15, 0.2) is 15.8 Å². The summed E-state index contributed by atoms with van der Waals surface area (Å²) in [5.74, 6) is 0.999. The number of rotatable bonds is 6. The number of methoxy groups -OCH3 is 1. The summed E-state index contributed by atoms with van der Waals surface area (Å²) in [4.78, 5) is 15.0. The zero-order chi connectivity index (χ0) is 22.7. The molecule has 3 aromatic rings. The van der Waals surface area contributed by atoms with Gasteiger partial charge in [-0.3, -0.25) is 9.69 Å². The van der Waals surface area contributed by atoms with E-state index < -0.39 is 0 Å². The number of thiocarbonyl (C=S) groups is 1. The summed E-state index contributed by atoms with van der Waals surface area (Å²) in [6.45, 7) is 0.382. The molecule has 1 fully saturated rings. The summed E-state index contributed by atoms with van der Waals surface area (Å²) in [5.41, 5.74) is 2.48. The fraction of sp³-hybridized carbons (Fsp3) is 0.0833. The van der Waals surface area contributed by atoms with Gasteiger partial charge in [-0.2, -0.15) is 0 Å². The number of thioether (sulfide) groups is 1. The lowest BCUT2D eigenvalue weighted by Crippen LogP contribution is -2.27. The molecule has 0 aromatic heterocycles. The molecule has 0 aliphatic carbocycles. The molecule has 1 saturated heterocycles. The minimum absolute atomic E-state index is 0.177. The number of halogens is 2. The van der Waals surface area contributed by atoms with E-state index in [1.807, 2.05) is 42.5 Å². The van der Waals surface area contributed by atoms with Crippen molar-refractivity contribution in [2.24, 2.45) is 0 Å². The molecule has 3 aromatic carbocycles. The molecule has 1 amide bonds. The van der Waals surface area contributed by atoms with Crippen molar-refractivity contribution in [3.63, 3.8) is 0 Å². The molecular weight excluding hydrogens is 485 g/mol. The van der Waals surface area contributed by atoms with Gasteiger partial charge >= 0.3 is 0 Å². The van der Waals surface area contributed by atoms with Crippen LogP contribution < -0.4 is 14.4 Å². The number of ether oxygens (including phenoxy) is 2. The lowest BCUT2D eigenvalue weighted by Gasteiger charge is -2.14. The van der Waals surface area contributed by atoms with Gasteiger partial charge in [0, 0.05) is 10.0 Å². The standard InChI is InChI=1S/C24H17Cl2NO3S2/c1-29-21-12-16(4-11-20(21)30-14-15-2-5-17(25)6-3-15)13-22-23(28)27(24(31)32-22)19-9-7-18(26)8-10-19/h2-13H,14H2,1H3/b22-13-. The molecular formula is C24H17Cl2NO3S2. The Morgan fingerprint density at radius 3 is 2.28 bits per heavy atom. The van der Waals surface area contributed by atoms with E-state index in [1.165, 1.54) is 16.7 Å².